The van der Waals surface area contributed by atoms with Crippen molar-refractivity contribution in [3.05, 3.63) is 26.9 Å². The van der Waals surface area contributed by atoms with E-state index in [-0.39, 0.29) is 10.3 Å². The smallest absolute Gasteiger partial charge is 0.388 e. The number of hydrogen-bond acceptors (Lipinski definition) is 4. The Morgan fingerprint density at radius 2 is 2.21 bits per heavy atom. The average Bonchev–Trinajstić information content (AvgIpc) is 2.01. The quantitative estimate of drug-likeness (QED) is 0.480. The predicted octanol–water partition coefficient (Wildman–Crippen LogP) is 2.35. The topological polar surface area (TPSA) is 65.3 Å². The third kappa shape index (κ3) is 2.87. The van der Waals surface area contributed by atoms with Gasteiger partial charge in [-0.2, -0.15) is 8.78 Å². The Morgan fingerprint density at radius 1 is 1.57 bits per heavy atom. The molecule has 0 spiro atoms. The predicted molar refractivity (Wildman–Crippen MR) is 45.2 cm³/mol. The van der Waals surface area contributed by atoms with Gasteiger partial charge in [0.2, 0.25) is 5.88 Å². The van der Waals surface area contributed by atoms with Gasteiger partial charge in [0, 0.05) is 6.07 Å². The van der Waals surface area contributed by atoms with E-state index in [1.165, 1.54) is 0 Å². The number of hydrogen-bond donors (Lipinski definition) is 0. The van der Waals surface area contributed by atoms with Gasteiger partial charge in [0.1, 0.15) is 4.60 Å². The summed E-state index contributed by atoms with van der Waals surface area (Å²) < 4.78 is 27.4. The maximum Gasteiger partial charge on any atom is 0.388 e. The Bertz CT molecular complexity index is 361. The summed E-state index contributed by atoms with van der Waals surface area (Å²) in [5.74, 6) is -0.499. The summed E-state index contributed by atoms with van der Waals surface area (Å²) in [4.78, 5) is 13.0. The first-order chi connectivity index (χ1) is 6.49. The number of ether oxygens (including phenoxy) is 1. The van der Waals surface area contributed by atoms with E-state index in [0.29, 0.717) is 0 Å². The molecule has 0 unspecified atom stereocenters. The molecule has 0 aliphatic carbocycles. The van der Waals surface area contributed by atoms with Crippen molar-refractivity contribution in [2.75, 3.05) is 0 Å². The molecular formula is C6H3BrF2N2O3. The van der Waals surface area contributed by atoms with Gasteiger partial charge in [-0.25, -0.2) is 4.98 Å². The Kier molecular flexibility index (Phi) is 3.28. The van der Waals surface area contributed by atoms with Crippen LogP contribution in [-0.2, 0) is 0 Å². The first-order valence-corrected chi connectivity index (χ1v) is 4.05. The average molecular weight is 269 g/mol. The van der Waals surface area contributed by atoms with Crippen LogP contribution >= 0.6 is 15.9 Å². The van der Waals surface area contributed by atoms with Crippen LogP contribution in [0.15, 0.2) is 16.7 Å². The van der Waals surface area contributed by atoms with Crippen LogP contribution in [0.4, 0.5) is 14.5 Å². The van der Waals surface area contributed by atoms with Crippen LogP contribution in [0.1, 0.15) is 0 Å². The van der Waals surface area contributed by atoms with Gasteiger partial charge < -0.3 is 4.74 Å². The molecule has 1 aromatic rings. The number of pyridine rings is 1. The second kappa shape index (κ2) is 4.27. The Hall–Kier alpha value is -1.31. The zero-order valence-electron chi connectivity index (χ0n) is 6.49. The van der Waals surface area contributed by atoms with Crippen molar-refractivity contribution < 1.29 is 18.4 Å². The molecule has 0 aliphatic rings. The van der Waals surface area contributed by atoms with Crippen molar-refractivity contribution >= 4 is 21.6 Å². The van der Waals surface area contributed by atoms with Crippen LogP contribution < -0.4 is 4.74 Å². The highest BCUT2D eigenvalue weighted by atomic mass is 79.9. The van der Waals surface area contributed by atoms with Crippen molar-refractivity contribution in [3.8, 4) is 5.88 Å². The summed E-state index contributed by atoms with van der Waals surface area (Å²) in [6, 6.07) is 1.90. The van der Waals surface area contributed by atoms with E-state index in [0.717, 1.165) is 12.1 Å². The first kappa shape index (κ1) is 10.8. The molecule has 0 aromatic carbocycles. The minimum atomic E-state index is -3.06. The molecule has 0 saturated carbocycles. The van der Waals surface area contributed by atoms with Crippen molar-refractivity contribution in [1.82, 2.24) is 4.98 Å². The lowest BCUT2D eigenvalue weighted by atomic mass is 10.4. The molecule has 76 valence electrons. The molecule has 0 atom stereocenters. The molecule has 0 radical (unpaired) electrons. The van der Waals surface area contributed by atoms with Crippen LogP contribution in [0.25, 0.3) is 0 Å². The largest absolute Gasteiger partial charge is 0.417 e. The molecule has 0 N–H and O–H groups in total. The van der Waals surface area contributed by atoms with E-state index in [9.17, 15) is 18.9 Å². The molecule has 14 heavy (non-hydrogen) atoms. The van der Waals surface area contributed by atoms with E-state index in [4.69, 9.17) is 0 Å². The molecule has 0 amide bonds. The fourth-order valence-corrected chi connectivity index (χ4v) is 1.13. The van der Waals surface area contributed by atoms with Crippen molar-refractivity contribution in [1.29, 1.82) is 0 Å². The standard InChI is InChI=1S/C6H3BrF2N2O3/c7-4-1-3(11(12)13)2-5(10-4)14-6(8)9/h1-2,6H. The summed E-state index contributed by atoms with van der Waals surface area (Å²) in [6.45, 7) is -3.06. The molecular weight excluding hydrogens is 266 g/mol. The first-order valence-electron chi connectivity index (χ1n) is 3.26. The number of nitro groups is 1. The minimum absolute atomic E-state index is 0.0577. The zero-order chi connectivity index (χ0) is 10.7. The molecule has 1 heterocycles. The van der Waals surface area contributed by atoms with Gasteiger partial charge in [-0.15, -0.1) is 0 Å². The summed E-state index contributed by atoms with van der Waals surface area (Å²) in [6.07, 6.45) is 0. The number of rotatable bonds is 3. The summed E-state index contributed by atoms with van der Waals surface area (Å²) in [5, 5.41) is 10.3. The SMILES string of the molecule is O=[N+]([O-])c1cc(Br)nc(OC(F)F)c1. The third-order valence-corrected chi connectivity index (χ3v) is 1.58. The highest BCUT2D eigenvalue weighted by Crippen LogP contribution is 2.23. The van der Waals surface area contributed by atoms with Gasteiger partial charge in [0.25, 0.3) is 5.69 Å². The monoisotopic (exact) mass is 268 g/mol. The lowest BCUT2D eigenvalue weighted by Crippen LogP contribution is -2.04. The third-order valence-electron chi connectivity index (χ3n) is 1.18. The van der Waals surface area contributed by atoms with Gasteiger partial charge >= 0.3 is 6.61 Å². The van der Waals surface area contributed by atoms with Gasteiger partial charge in [-0.05, 0) is 15.9 Å². The van der Waals surface area contributed by atoms with E-state index < -0.39 is 17.4 Å². The molecule has 1 rings (SSSR count). The maximum atomic E-state index is 11.7. The molecule has 5 nitrogen and oxygen atoms in total. The van der Waals surface area contributed by atoms with Gasteiger partial charge in [-0.3, -0.25) is 10.1 Å². The van der Waals surface area contributed by atoms with E-state index in [2.05, 4.69) is 25.7 Å². The Balaban J connectivity index is 3.01. The molecule has 0 aliphatic heterocycles. The minimum Gasteiger partial charge on any atom is -0.417 e. The lowest BCUT2D eigenvalue weighted by molar-refractivity contribution is -0.385. The summed E-state index contributed by atoms with van der Waals surface area (Å²) >= 11 is 2.83. The fourth-order valence-electron chi connectivity index (χ4n) is 0.717. The second-order valence-corrected chi connectivity index (χ2v) is 2.93. The van der Waals surface area contributed by atoms with Crippen LogP contribution in [0.2, 0.25) is 0 Å². The number of aromatic nitrogens is 1. The Morgan fingerprint density at radius 3 is 2.71 bits per heavy atom. The highest BCUT2D eigenvalue weighted by molar-refractivity contribution is 9.10. The maximum absolute atomic E-state index is 11.7. The van der Waals surface area contributed by atoms with Crippen molar-refractivity contribution in [3.63, 3.8) is 0 Å². The van der Waals surface area contributed by atoms with E-state index in [1.807, 2.05) is 0 Å². The summed E-state index contributed by atoms with van der Waals surface area (Å²) in [7, 11) is 0. The molecule has 0 fully saturated rings. The van der Waals surface area contributed by atoms with Crippen molar-refractivity contribution in [2.24, 2.45) is 0 Å². The van der Waals surface area contributed by atoms with Crippen LogP contribution in [-0.4, -0.2) is 16.5 Å². The van der Waals surface area contributed by atoms with Crippen LogP contribution in [0.5, 0.6) is 5.88 Å². The van der Waals surface area contributed by atoms with Crippen LogP contribution in [0, 0.1) is 10.1 Å². The molecule has 0 bridgehead atoms. The fraction of sp³-hybridized carbons (Fsp3) is 0.167. The van der Waals surface area contributed by atoms with Gasteiger partial charge in [0.05, 0.1) is 11.0 Å². The number of alkyl halides is 2. The lowest BCUT2D eigenvalue weighted by Gasteiger charge is -2.02. The molecule has 1 aromatic heterocycles. The van der Waals surface area contributed by atoms with Crippen molar-refractivity contribution in [2.45, 2.75) is 6.61 Å². The highest BCUT2D eigenvalue weighted by Gasteiger charge is 2.13. The summed E-state index contributed by atoms with van der Waals surface area (Å²) in [5.41, 5.74) is -0.373. The van der Waals surface area contributed by atoms with Gasteiger partial charge in [0.15, 0.2) is 0 Å². The Labute approximate surface area is 85.0 Å². The van der Waals surface area contributed by atoms with E-state index in [1.54, 1.807) is 0 Å². The molecule has 8 heteroatoms. The number of nitrogens with zero attached hydrogens (tertiary/aromatic N) is 2. The normalized spacial score (nSPS) is 10.3. The number of halogens is 3. The van der Waals surface area contributed by atoms with Gasteiger partial charge in [-0.1, -0.05) is 0 Å². The second-order valence-electron chi connectivity index (χ2n) is 2.12. The van der Waals surface area contributed by atoms with E-state index >= 15 is 0 Å². The molecule has 0 saturated heterocycles. The van der Waals surface area contributed by atoms with Crippen LogP contribution in [0.3, 0.4) is 0 Å². The zero-order valence-corrected chi connectivity index (χ0v) is 8.07.